The quantitative estimate of drug-likeness (QED) is 0.315. The minimum Gasteiger partial charge on any atom is -0.497 e. The summed E-state index contributed by atoms with van der Waals surface area (Å²) >= 11 is 1.40. The molecule has 1 N–H and O–H groups in total. The summed E-state index contributed by atoms with van der Waals surface area (Å²) in [7, 11) is 1.65. The fourth-order valence-corrected chi connectivity index (χ4v) is 5.60. The van der Waals surface area contributed by atoms with Crippen LogP contribution in [0.2, 0.25) is 0 Å². The lowest BCUT2D eigenvalue weighted by atomic mass is 10.0. The number of H-pyrrole nitrogens is 1. The number of hydrogen-bond acceptors (Lipinski definition) is 5. The van der Waals surface area contributed by atoms with E-state index in [9.17, 15) is 4.79 Å². The lowest BCUT2D eigenvalue weighted by molar-refractivity contribution is -0.116. The largest absolute Gasteiger partial charge is 0.497 e. The summed E-state index contributed by atoms with van der Waals surface area (Å²) < 4.78 is 7.48. The smallest absolute Gasteiger partial charge is 0.237 e. The molecular weight excluding hydrogens is 470 g/mol. The van der Waals surface area contributed by atoms with Gasteiger partial charge in [0.2, 0.25) is 5.91 Å². The number of methoxy groups -OCH3 is 1. The Morgan fingerprint density at radius 2 is 1.92 bits per heavy atom. The predicted molar refractivity (Wildman–Crippen MR) is 143 cm³/mol. The lowest BCUT2D eigenvalue weighted by Gasteiger charge is -2.29. The van der Waals surface area contributed by atoms with Gasteiger partial charge in [-0.15, -0.1) is 10.2 Å². The molecule has 0 radical (unpaired) electrons. The first-order valence-corrected chi connectivity index (χ1v) is 12.9. The van der Waals surface area contributed by atoms with Crippen molar-refractivity contribution in [2.75, 3.05) is 24.3 Å². The Labute approximate surface area is 213 Å². The summed E-state index contributed by atoms with van der Waals surface area (Å²) in [6.07, 6.45) is 3.93. The first-order valence-electron chi connectivity index (χ1n) is 11.9. The van der Waals surface area contributed by atoms with E-state index >= 15 is 0 Å². The molecule has 0 spiro atoms. The van der Waals surface area contributed by atoms with Gasteiger partial charge in [0, 0.05) is 41.0 Å². The van der Waals surface area contributed by atoms with Crippen molar-refractivity contribution in [3.05, 3.63) is 84.6 Å². The third kappa shape index (κ3) is 4.03. The second kappa shape index (κ2) is 9.54. The molecule has 8 heteroatoms. The van der Waals surface area contributed by atoms with Crippen LogP contribution >= 0.6 is 11.8 Å². The van der Waals surface area contributed by atoms with Crippen molar-refractivity contribution in [1.82, 2.24) is 19.7 Å². The zero-order chi connectivity index (χ0) is 24.5. The average Bonchev–Trinajstić information content (AvgIpc) is 3.55. The van der Waals surface area contributed by atoms with Gasteiger partial charge in [0.1, 0.15) is 5.75 Å². The number of hydrogen-bond donors (Lipinski definition) is 1. The number of benzene rings is 3. The zero-order valence-corrected chi connectivity index (χ0v) is 20.7. The summed E-state index contributed by atoms with van der Waals surface area (Å²) in [6.45, 7) is 0.736. The highest BCUT2D eigenvalue weighted by Crippen LogP contribution is 2.34. The number of rotatable bonds is 6. The molecule has 0 unspecified atom stereocenters. The maximum Gasteiger partial charge on any atom is 0.237 e. The Bertz CT molecular complexity index is 1560. The Morgan fingerprint density at radius 1 is 1.06 bits per heavy atom. The van der Waals surface area contributed by atoms with Crippen LogP contribution in [0.3, 0.4) is 0 Å². The van der Waals surface area contributed by atoms with E-state index in [0.717, 1.165) is 53.0 Å². The molecule has 0 atom stereocenters. The van der Waals surface area contributed by atoms with E-state index in [1.165, 1.54) is 17.3 Å². The lowest BCUT2D eigenvalue weighted by Crippen LogP contribution is -2.36. The van der Waals surface area contributed by atoms with Gasteiger partial charge in [0.05, 0.1) is 18.6 Å². The van der Waals surface area contributed by atoms with Gasteiger partial charge in [-0.2, -0.15) is 0 Å². The van der Waals surface area contributed by atoms with Gasteiger partial charge in [-0.25, -0.2) is 0 Å². The average molecular weight is 496 g/mol. The molecule has 6 rings (SSSR count). The summed E-state index contributed by atoms with van der Waals surface area (Å²) in [5.41, 5.74) is 5.09. The van der Waals surface area contributed by atoms with Crippen LogP contribution in [-0.4, -0.2) is 45.1 Å². The molecule has 1 aliphatic heterocycles. The van der Waals surface area contributed by atoms with E-state index in [4.69, 9.17) is 4.74 Å². The fourth-order valence-electron chi connectivity index (χ4n) is 4.77. The number of anilines is 1. The minimum atomic E-state index is 0.0704. The Morgan fingerprint density at radius 3 is 2.83 bits per heavy atom. The van der Waals surface area contributed by atoms with Crippen LogP contribution in [0.1, 0.15) is 12.0 Å². The van der Waals surface area contributed by atoms with Crippen LogP contribution in [-0.2, 0) is 11.2 Å². The zero-order valence-electron chi connectivity index (χ0n) is 19.8. The number of carbonyl (C=O) groups excluding carboxylic acids is 1. The number of aromatic amines is 1. The van der Waals surface area contributed by atoms with Crippen molar-refractivity contribution < 1.29 is 9.53 Å². The van der Waals surface area contributed by atoms with Crippen molar-refractivity contribution in [3.8, 4) is 22.8 Å². The van der Waals surface area contributed by atoms with Gasteiger partial charge in [-0.05, 0) is 42.7 Å². The van der Waals surface area contributed by atoms with Gasteiger partial charge < -0.3 is 14.6 Å². The molecule has 0 saturated heterocycles. The summed E-state index contributed by atoms with van der Waals surface area (Å²) in [6, 6.07) is 24.1. The van der Waals surface area contributed by atoms with Crippen molar-refractivity contribution >= 4 is 34.3 Å². The Hall–Kier alpha value is -4.04. The molecule has 0 saturated carbocycles. The standard InChI is InChI=1S/C28H25N5O2S/c1-35-21-11-6-10-20(16-21)33-27(23-17-29-24-13-4-3-12-22(23)24)30-31-28(33)36-18-26(34)32-15-7-9-19-8-2-5-14-25(19)32/h2-6,8,10-14,16-17,29H,7,9,15,18H2,1H3. The number of nitrogens with one attached hydrogen (secondary N) is 1. The molecule has 0 fully saturated rings. The number of amides is 1. The summed E-state index contributed by atoms with van der Waals surface area (Å²) in [5, 5.41) is 10.8. The van der Waals surface area contributed by atoms with Crippen LogP contribution in [0.15, 0.2) is 84.1 Å². The van der Waals surface area contributed by atoms with Crippen molar-refractivity contribution in [2.45, 2.75) is 18.0 Å². The molecule has 3 aromatic carbocycles. The monoisotopic (exact) mass is 495 g/mol. The van der Waals surface area contributed by atoms with Gasteiger partial charge >= 0.3 is 0 Å². The van der Waals surface area contributed by atoms with Crippen LogP contribution in [0.25, 0.3) is 28.0 Å². The summed E-state index contributed by atoms with van der Waals surface area (Å²) in [5.74, 6) is 1.78. The van der Waals surface area contributed by atoms with E-state index in [1.54, 1.807) is 7.11 Å². The normalized spacial score (nSPS) is 13.1. The number of ether oxygens (including phenoxy) is 1. The molecule has 0 bridgehead atoms. The molecule has 2 aromatic heterocycles. The van der Waals surface area contributed by atoms with Crippen molar-refractivity contribution in [1.29, 1.82) is 0 Å². The maximum absolute atomic E-state index is 13.3. The highest BCUT2D eigenvalue weighted by atomic mass is 32.2. The summed E-state index contributed by atoms with van der Waals surface area (Å²) in [4.78, 5) is 18.5. The molecule has 1 aliphatic rings. The van der Waals surface area contributed by atoms with E-state index in [0.29, 0.717) is 11.0 Å². The maximum atomic E-state index is 13.3. The Balaban J connectivity index is 1.36. The number of para-hydroxylation sites is 2. The van der Waals surface area contributed by atoms with Crippen LogP contribution in [0.4, 0.5) is 5.69 Å². The third-order valence-electron chi connectivity index (χ3n) is 6.51. The number of aromatic nitrogens is 4. The number of aryl methyl sites for hydroxylation is 1. The molecule has 1 amide bonds. The van der Waals surface area contributed by atoms with Crippen LogP contribution in [0.5, 0.6) is 5.75 Å². The van der Waals surface area contributed by atoms with Crippen LogP contribution < -0.4 is 9.64 Å². The topological polar surface area (TPSA) is 76.0 Å². The molecule has 180 valence electrons. The highest BCUT2D eigenvalue weighted by molar-refractivity contribution is 7.99. The van der Waals surface area contributed by atoms with E-state index < -0.39 is 0 Å². The minimum absolute atomic E-state index is 0.0704. The SMILES string of the molecule is COc1cccc(-n2c(SCC(=O)N3CCCc4ccccc43)nnc2-c2c[nH]c3ccccc23)c1. The molecule has 3 heterocycles. The third-order valence-corrected chi connectivity index (χ3v) is 7.42. The molecular formula is C28H25N5O2S. The van der Waals surface area contributed by atoms with Gasteiger partial charge in [0.25, 0.3) is 0 Å². The van der Waals surface area contributed by atoms with E-state index in [1.807, 2.05) is 76.3 Å². The van der Waals surface area contributed by atoms with Crippen molar-refractivity contribution in [3.63, 3.8) is 0 Å². The second-order valence-corrected chi connectivity index (χ2v) is 9.60. The fraction of sp³-hybridized carbons (Fsp3) is 0.179. The number of fused-ring (bicyclic) bond motifs is 2. The molecule has 7 nitrogen and oxygen atoms in total. The first-order chi connectivity index (χ1) is 17.7. The van der Waals surface area contributed by atoms with Crippen LogP contribution in [0, 0.1) is 0 Å². The van der Waals surface area contributed by atoms with Crippen molar-refractivity contribution in [2.24, 2.45) is 0 Å². The van der Waals surface area contributed by atoms with E-state index in [-0.39, 0.29) is 11.7 Å². The van der Waals surface area contributed by atoms with Gasteiger partial charge in [-0.1, -0.05) is 54.2 Å². The number of carbonyl (C=O) groups is 1. The highest BCUT2D eigenvalue weighted by Gasteiger charge is 2.24. The molecule has 36 heavy (non-hydrogen) atoms. The first kappa shape index (κ1) is 22.4. The predicted octanol–water partition coefficient (Wildman–Crippen LogP) is 5.50. The Kier molecular flexibility index (Phi) is 5.95. The van der Waals surface area contributed by atoms with E-state index in [2.05, 4.69) is 27.3 Å². The second-order valence-electron chi connectivity index (χ2n) is 8.66. The molecule has 0 aliphatic carbocycles. The molecule has 5 aromatic rings. The van der Waals surface area contributed by atoms with Gasteiger partial charge in [0.15, 0.2) is 11.0 Å². The number of thioether (sulfide) groups is 1. The number of nitrogens with zero attached hydrogens (tertiary/aromatic N) is 4. The van der Waals surface area contributed by atoms with Gasteiger partial charge in [-0.3, -0.25) is 9.36 Å².